The van der Waals surface area contributed by atoms with E-state index in [0.29, 0.717) is 35.0 Å². The van der Waals surface area contributed by atoms with Crippen molar-refractivity contribution in [1.82, 2.24) is 9.55 Å². The van der Waals surface area contributed by atoms with Crippen LogP contribution < -0.4 is 15.8 Å². The molecule has 0 radical (unpaired) electrons. The van der Waals surface area contributed by atoms with Crippen LogP contribution in [0.3, 0.4) is 0 Å². The van der Waals surface area contributed by atoms with Gasteiger partial charge in [-0.25, -0.2) is 9.37 Å². The highest BCUT2D eigenvalue weighted by Gasteiger charge is 2.27. The summed E-state index contributed by atoms with van der Waals surface area (Å²) >= 11 is 7.26. The minimum absolute atomic E-state index is 0.0895. The van der Waals surface area contributed by atoms with E-state index in [9.17, 15) is 14.4 Å². The maximum Gasteiger partial charge on any atom is 0.271 e. The maximum absolute atomic E-state index is 14.1. The van der Waals surface area contributed by atoms with Crippen LogP contribution in [0.1, 0.15) is 23.4 Å². The molecule has 9 heteroatoms. The number of nitriles is 1. The lowest BCUT2D eigenvalue weighted by atomic mass is 10.0. The third-order valence-corrected chi connectivity index (χ3v) is 6.50. The molecule has 1 fully saturated rings. The van der Waals surface area contributed by atoms with Crippen LogP contribution in [0.4, 0.5) is 15.8 Å². The Kier molecular flexibility index (Phi) is 5.19. The number of hydrogen-bond acceptors (Lipinski definition) is 6. The van der Waals surface area contributed by atoms with Gasteiger partial charge in [0.25, 0.3) is 5.56 Å². The number of piperidine rings is 1. The standard InChI is InChI=1S/C20H19ClFN5OS/c1-11-24-17-18(14(10-23)19(28)26(2)20(17)29-11)27-7-5-13(6-8-27)25-16-4-3-12(21)9-15(16)22/h3-4,9,13,25H,5-8H2,1-2H3. The smallest absolute Gasteiger partial charge is 0.271 e. The summed E-state index contributed by atoms with van der Waals surface area (Å²) in [6.45, 7) is 3.17. The van der Waals surface area contributed by atoms with Gasteiger partial charge in [-0.05, 0) is 38.0 Å². The van der Waals surface area contributed by atoms with E-state index in [1.165, 1.54) is 22.0 Å². The molecule has 0 atom stereocenters. The number of fused-ring (bicyclic) bond motifs is 1. The molecule has 0 saturated carbocycles. The summed E-state index contributed by atoms with van der Waals surface area (Å²) in [5, 5.41) is 14.1. The second kappa shape index (κ2) is 7.65. The van der Waals surface area contributed by atoms with Crippen molar-refractivity contribution < 1.29 is 4.39 Å². The zero-order chi connectivity index (χ0) is 20.7. The highest BCUT2D eigenvalue weighted by atomic mass is 35.5. The van der Waals surface area contributed by atoms with Crippen LogP contribution >= 0.6 is 22.9 Å². The Balaban J connectivity index is 1.60. The minimum atomic E-state index is -0.377. The molecule has 6 nitrogen and oxygen atoms in total. The second-order valence-corrected chi connectivity index (χ2v) is 8.73. The first-order valence-corrected chi connectivity index (χ1v) is 10.4. The molecule has 3 heterocycles. The second-order valence-electron chi connectivity index (χ2n) is 7.12. The predicted octanol–water partition coefficient (Wildman–Crippen LogP) is 4.05. The van der Waals surface area contributed by atoms with Crippen LogP contribution in [-0.2, 0) is 7.05 Å². The van der Waals surface area contributed by atoms with Crippen molar-refractivity contribution >= 4 is 44.7 Å². The Bertz CT molecular complexity index is 1190. The van der Waals surface area contributed by atoms with E-state index in [0.717, 1.165) is 22.7 Å². The molecule has 0 bridgehead atoms. The van der Waals surface area contributed by atoms with Crippen molar-refractivity contribution in [3.05, 3.63) is 50.0 Å². The highest BCUT2D eigenvalue weighted by Crippen LogP contribution is 2.33. The Hall–Kier alpha value is -2.63. The van der Waals surface area contributed by atoms with Gasteiger partial charge < -0.3 is 14.8 Å². The SMILES string of the molecule is Cc1nc2c(N3CCC(Nc4ccc(Cl)cc4F)CC3)c(C#N)c(=O)n(C)c2s1. The lowest BCUT2D eigenvalue weighted by Gasteiger charge is -2.35. The summed E-state index contributed by atoms with van der Waals surface area (Å²) < 4.78 is 15.6. The van der Waals surface area contributed by atoms with Crippen molar-refractivity contribution in [2.75, 3.05) is 23.3 Å². The van der Waals surface area contributed by atoms with Gasteiger partial charge in [-0.1, -0.05) is 11.6 Å². The largest absolute Gasteiger partial charge is 0.380 e. The van der Waals surface area contributed by atoms with Gasteiger partial charge in [0.2, 0.25) is 0 Å². The Morgan fingerprint density at radius 3 is 2.76 bits per heavy atom. The Labute approximate surface area is 176 Å². The number of rotatable bonds is 3. The lowest BCUT2D eigenvalue weighted by molar-refractivity contribution is 0.522. The Morgan fingerprint density at radius 2 is 2.10 bits per heavy atom. The topological polar surface area (TPSA) is 74.0 Å². The Morgan fingerprint density at radius 1 is 1.38 bits per heavy atom. The number of pyridine rings is 1. The molecule has 0 aliphatic carbocycles. The molecule has 1 aliphatic heterocycles. The maximum atomic E-state index is 14.1. The van der Waals surface area contributed by atoms with E-state index in [2.05, 4.69) is 21.3 Å². The van der Waals surface area contributed by atoms with E-state index in [1.807, 2.05) is 6.92 Å². The minimum Gasteiger partial charge on any atom is -0.380 e. The summed E-state index contributed by atoms with van der Waals surface area (Å²) in [5.74, 6) is -0.377. The fourth-order valence-corrected chi connectivity index (χ4v) is 4.79. The molecule has 1 N–H and O–H groups in total. The quantitative estimate of drug-likeness (QED) is 0.677. The number of anilines is 2. The van der Waals surface area contributed by atoms with Gasteiger partial charge >= 0.3 is 0 Å². The van der Waals surface area contributed by atoms with Crippen LogP contribution in [0.5, 0.6) is 0 Å². The van der Waals surface area contributed by atoms with Gasteiger partial charge in [-0.15, -0.1) is 11.3 Å². The fourth-order valence-electron chi connectivity index (χ4n) is 3.76. The number of aromatic nitrogens is 2. The molecule has 4 rings (SSSR count). The molecular weight excluding hydrogens is 413 g/mol. The van der Waals surface area contributed by atoms with Gasteiger partial charge in [0.05, 0.1) is 16.4 Å². The number of nitrogens with one attached hydrogen (secondary N) is 1. The molecule has 2 aromatic heterocycles. The average molecular weight is 432 g/mol. The van der Waals surface area contributed by atoms with E-state index in [-0.39, 0.29) is 23.0 Å². The van der Waals surface area contributed by atoms with Gasteiger partial charge in [0.1, 0.15) is 27.8 Å². The first kappa shape index (κ1) is 19.7. The van der Waals surface area contributed by atoms with E-state index in [4.69, 9.17) is 11.6 Å². The van der Waals surface area contributed by atoms with Crippen molar-refractivity contribution in [3.8, 4) is 6.07 Å². The zero-order valence-electron chi connectivity index (χ0n) is 16.0. The molecule has 3 aromatic rings. The number of hydrogen-bond donors (Lipinski definition) is 1. The van der Waals surface area contributed by atoms with Crippen LogP contribution in [-0.4, -0.2) is 28.7 Å². The molecule has 150 valence electrons. The van der Waals surface area contributed by atoms with Crippen LogP contribution in [0, 0.1) is 24.1 Å². The summed E-state index contributed by atoms with van der Waals surface area (Å²) in [7, 11) is 1.67. The first-order valence-electron chi connectivity index (χ1n) is 9.25. The number of aryl methyl sites for hydroxylation is 2. The number of benzene rings is 1. The van der Waals surface area contributed by atoms with Gasteiger partial charge in [-0.2, -0.15) is 5.26 Å². The zero-order valence-corrected chi connectivity index (χ0v) is 17.6. The van der Waals surface area contributed by atoms with Crippen molar-refractivity contribution in [2.24, 2.45) is 7.05 Å². The molecule has 1 saturated heterocycles. The lowest BCUT2D eigenvalue weighted by Crippen LogP contribution is -2.40. The van der Waals surface area contributed by atoms with Crippen LogP contribution in [0.25, 0.3) is 10.3 Å². The average Bonchev–Trinajstić information content (AvgIpc) is 3.09. The van der Waals surface area contributed by atoms with Gasteiger partial charge in [0.15, 0.2) is 0 Å². The number of nitrogens with zero attached hydrogens (tertiary/aromatic N) is 4. The van der Waals surface area contributed by atoms with Crippen LogP contribution in [0.2, 0.25) is 5.02 Å². The molecular formula is C20H19ClFN5OS. The van der Waals surface area contributed by atoms with Crippen molar-refractivity contribution in [2.45, 2.75) is 25.8 Å². The molecule has 0 unspecified atom stereocenters. The molecule has 0 amide bonds. The number of thiazole rings is 1. The molecule has 1 aliphatic rings. The van der Waals surface area contributed by atoms with Gasteiger partial charge in [-0.3, -0.25) is 4.79 Å². The molecule has 1 aromatic carbocycles. The normalized spacial score (nSPS) is 14.9. The van der Waals surface area contributed by atoms with E-state index >= 15 is 0 Å². The van der Waals surface area contributed by atoms with Crippen molar-refractivity contribution in [3.63, 3.8) is 0 Å². The molecule has 0 spiro atoms. The van der Waals surface area contributed by atoms with E-state index < -0.39 is 0 Å². The monoisotopic (exact) mass is 431 g/mol. The third kappa shape index (κ3) is 3.56. The first-order chi connectivity index (χ1) is 13.9. The summed E-state index contributed by atoms with van der Waals surface area (Å²) in [6, 6.07) is 6.75. The highest BCUT2D eigenvalue weighted by molar-refractivity contribution is 7.18. The van der Waals surface area contributed by atoms with E-state index in [1.54, 1.807) is 19.2 Å². The molecule has 29 heavy (non-hydrogen) atoms. The predicted molar refractivity (Wildman–Crippen MR) is 115 cm³/mol. The van der Waals surface area contributed by atoms with Crippen LogP contribution in [0.15, 0.2) is 23.0 Å². The summed E-state index contributed by atoms with van der Waals surface area (Å²) in [4.78, 5) is 20.1. The van der Waals surface area contributed by atoms with Gasteiger partial charge in [0, 0.05) is 31.2 Å². The summed E-state index contributed by atoms with van der Waals surface area (Å²) in [5.41, 5.74) is 1.56. The fraction of sp³-hybridized carbons (Fsp3) is 0.350. The number of halogens is 2. The third-order valence-electron chi connectivity index (χ3n) is 5.21. The van der Waals surface area contributed by atoms with Crippen molar-refractivity contribution in [1.29, 1.82) is 5.26 Å². The summed E-state index contributed by atoms with van der Waals surface area (Å²) in [6.07, 6.45) is 1.49.